The summed E-state index contributed by atoms with van der Waals surface area (Å²) in [5, 5.41) is 0. The summed E-state index contributed by atoms with van der Waals surface area (Å²) in [7, 11) is 0. The Hall–Kier alpha value is -0.670. The van der Waals surface area contributed by atoms with Gasteiger partial charge in [0, 0.05) is 6.04 Å². The third-order valence-corrected chi connectivity index (χ3v) is 2.20. The fraction of sp³-hybridized carbons (Fsp3) is 0.500. The van der Waals surface area contributed by atoms with Crippen LogP contribution in [0, 0.1) is 17.0 Å². The van der Waals surface area contributed by atoms with Crippen molar-refractivity contribution in [1.82, 2.24) is 0 Å². The number of hydrogen-bond acceptors (Lipinski definition) is 1. The average molecular weight is 250 g/mol. The first-order valence-electron chi connectivity index (χ1n) is 5.00. The van der Waals surface area contributed by atoms with E-state index in [4.69, 9.17) is 5.73 Å². The van der Waals surface area contributed by atoms with Crippen molar-refractivity contribution in [3.63, 3.8) is 0 Å². The van der Waals surface area contributed by atoms with Crippen LogP contribution in [-0.2, 0) is 0 Å². The minimum atomic E-state index is -0.836. The van der Waals surface area contributed by atoms with Crippen LogP contribution in [0.3, 0.4) is 0 Å². The predicted octanol–water partition coefficient (Wildman–Crippen LogP) is 3.82. The molecule has 0 heterocycles. The maximum absolute atomic E-state index is 12.9. The van der Waals surface area contributed by atoms with Gasteiger partial charge in [-0.15, -0.1) is 12.4 Å². The summed E-state index contributed by atoms with van der Waals surface area (Å²) in [6.07, 6.45) is 0.734. The van der Waals surface area contributed by atoms with Crippen molar-refractivity contribution in [2.24, 2.45) is 11.1 Å². The highest BCUT2D eigenvalue weighted by Crippen LogP contribution is 2.28. The van der Waals surface area contributed by atoms with Crippen LogP contribution in [0.5, 0.6) is 0 Å². The number of hydrogen-bond donors (Lipinski definition) is 1. The van der Waals surface area contributed by atoms with Gasteiger partial charge >= 0.3 is 0 Å². The first-order valence-corrected chi connectivity index (χ1v) is 5.00. The van der Waals surface area contributed by atoms with Crippen molar-refractivity contribution < 1.29 is 8.78 Å². The predicted molar refractivity (Wildman–Crippen MR) is 64.6 cm³/mol. The molecule has 0 radical (unpaired) electrons. The van der Waals surface area contributed by atoms with Crippen molar-refractivity contribution in [2.75, 3.05) is 0 Å². The van der Waals surface area contributed by atoms with Crippen LogP contribution in [-0.4, -0.2) is 0 Å². The molecule has 0 spiro atoms. The van der Waals surface area contributed by atoms with E-state index < -0.39 is 11.6 Å². The molecule has 0 fully saturated rings. The van der Waals surface area contributed by atoms with E-state index in [0.29, 0.717) is 5.56 Å². The standard InChI is InChI=1S/C12H17F2N.ClH/c1-12(2,3)7-11(15)8-4-5-9(13)10(14)6-8;/h4-6,11H,7,15H2,1-3H3;1H. The van der Waals surface area contributed by atoms with E-state index in [0.717, 1.165) is 12.5 Å². The van der Waals surface area contributed by atoms with Crippen LogP contribution in [0.25, 0.3) is 0 Å². The molecule has 92 valence electrons. The maximum Gasteiger partial charge on any atom is 0.159 e. The van der Waals surface area contributed by atoms with E-state index in [-0.39, 0.29) is 23.9 Å². The minimum absolute atomic E-state index is 0. The van der Waals surface area contributed by atoms with E-state index in [1.165, 1.54) is 12.1 Å². The third-order valence-electron chi connectivity index (χ3n) is 2.20. The zero-order valence-electron chi connectivity index (χ0n) is 9.76. The zero-order valence-corrected chi connectivity index (χ0v) is 10.6. The molecule has 16 heavy (non-hydrogen) atoms. The molecule has 1 atom stereocenters. The molecule has 1 aromatic rings. The highest BCUT2D eigenvalue weighted by molar-refractivity contribution is 5.85. The van der Waals surface area contributed by atoms with Gasteiger partial charge in [0.2, 0.25) is 0 Å². The Kier molecular flexibility index (Phi) is 5.36. The smallest absolute Gasteiger partial charge is 0.159 e. The van der Waals surface area contributed by atoms with Crippen LogP contribution < -0.4 is 5.73 Å². The van der Waals surface area contributed by atoms with Crippen LogP contribution in [0.15, 0.2) is 18.2 Å². The summed E-state index contributed by atoms with van der Waals surface area (Å²) in [6, 6.07) is 3.58. The van der Waals surface area contributed by atoms with Crippen LogP contribution in [0.1, 0.15) is 38.8 Å². The fourth-order valence-electron chi connectivity index (χ4n) is 1.52. The van der Waals surface area contributed by atoms with Crippen LogP contribution in [0.4, 0.5) is 8.78 Å². The fourth-order valence-corrected chi connectivity index (χ4v) is 1.52. The van der Waals surface area contributed by atoms with Gasteiger partial charge in [-0.3, -0.25) is 0 Å². The molecular weight excluding hydrogens is 232 g/mol. The van der Waals surface area contributed by atoms with Crippen LogP contribution in [0.2, 0.25) is 0 Å². The molecule has 2 N–H and O–H groups in total. The minimum Gasteiger partial charge on any atom is -0.324 e. The monoisotopic (exact) mass is 249 g/mol. The first-order chi connectivity index (χ1) is 6.79. The highest BCUT2D eigenvalue weighted by atomic mass is 35.5. The van der Waals surface area contributed by atoms with E-state index in [2.05, 4.69) is 20.8 Å². The number of halogens is 3. The largest absolute Gasteiger partial charge is 0.324 e. The Morgan fingerprint density at radius 1 is 1.19 bits per heavy atom. The quantitative estimate of drug-likeness (QED) is 0.847. The summed E-state index contributed by atoms with van der Waals surface area (Å²) in [4.78, 5) is 0. The first kappa shape index (κ1) is 15.3. The van der Waals surface area contributed by atoms with E-state index in [9.17, 15) is 8.78 Å². The van der Waals surface area contributed by atoms with Gasteiger partial charge in [0.15, 0.2) is 11.6 Å². The second kappa shape index (κ2) is 5.60. The molecule has 1 nitrogen and oxygen atoms in total. The summed E-state index contributed by atoms with van der Waals surface area (Å²) >= 11 is 0. The van der Waals surface area contributed by atoms with E-state index in [1.54, 1.807) is 0 Å². The Labute approximate surface area is 101 Å². The molecule has 0 aliphatic carbocycles. The van der Waals surface area contributed by atoms with Gasteiger partial charge in [0.05, 0.1) is 0 Å². The SMILES string of the molecule is CC(C)(C)CC(N)c1ccc(F)c(F)c1.Cl. The lowest BCUT2D eigenvalue weighted by Gasteiger charge is -2.23. The van der Waals surface area contributed by atoms with Gasteiger partial charge in [-0.25, -0.2) is 8.78 Å². The summed E-state index contributed by atoms with van der Waals surface area (Å²) in [5.41, 5.74) is 6.63. The number of nitrogens with two attached hydrogens (primary N) is 1. The summed E-state index contributed by atoms with van der Waals surface area (Å²) in [5.74, 6) is -1.67. The third kappa shape index (κ3) is 4.45. The molecule has 4 heteroatoms. The summed E-state index contributed by atoms with van der Waals surface area (Å²) < 4.78 is 25.6. The maximum atomic E-state index is 12.9. The van der Waals surface area contributed by atoms with Crippen molar-refractivity contribution in [1.29, 1.82) is 0 Å². The highest BCUT2D eigenvalue weighted by Gasteiger charge is 2.17. The summed E-state index contributed by atoms with van der Waals surface area (Å²) in [6.45, 7) is 6.19. The van der Waals surface area contributed by atoms with E-state index in [1.807, 2.05) is 0 Å². The van der Waals surface area contributed by atoms with Crippen molar-refractivity contribution in [2.45, 2.75) is 33.2 Å². The molecule has 0 aliphatic heterocycles. The number of benzene rings is 1. The average Bonchev–Trinajstić information content (AvgIpc) is 2.06. The lowest BCUT2D eigenvalue weighted by Crippen LogP contribution is -2.18. The molecule has 0 bridgehead atoms. The topological polar surface area (TPSA) is 26.0 Å². The molecule has 0 saturated heterocycles. The Balaban J connectivity index is 0.00000225. The lowest BCUT2D eigenvalue weighted by atomic mass is 9.86. The molecule has 1 unspecified atom stereocenters. The Morgan fingerprint density at radius 3 is 2.19 bits per heavy atom. The Morgan fingerprint density at radius 2 is 1.75 bits per heavy atom. The van der Waals surface area contributed by atoms with Gasteiger partial charge < -0.3 is 5.73 Å². The second-order valence-corrected chi connectivity index (χ2v) is 5.04. The normalized spacial score (nSPS) is 13.1. The lowest BCUT2D eigenvalue weighted by molar-refractivity contribution is 0.342. The van der Waals surface area contributed by atoms with Crippen LogP contribution >= 0.6 is 12.4 Å². The van der Waals surface area contributed by atoms with Crippen molar-refractivity contribution >= 4 is 12.4 Å². The Bertz CT molecular complexity index is 347. The molecular formula is C12H18ClF2N. The molecule has 1 rings (SSSR count). The van der Waals surface area contributed by atoms with Gasteiger partial charge in [0.1, 0.15) is 0 Å². The van der Waals surface area contributed by atoms with Gasteiger partial charge in [-0.1, -0.05) is 26.8 Å². The molecule has 1 aromatic carbocycles. The van der Waals surface area contributed by atoms with Crippen molar-refractivity contribution in [3.8, 4) is 0 Å². The molecule has 0 aliphatic rings. The molecule has 0 saturated carbocycles. The number of rotatable bonds is 2. The zero-order chi connectivity index (χ0) is 11.6. The van der Waals surface area contributed by atoms with Gasteiger partial charge in [-0.2, -0.15) is 0 Å². The van der Waals surface area contributed by atoms with Crippen molar-refractivity contribution in [3.05, 3.63) is 35.4 Å². The van der Waals surface area contributed by atoms with Gasteiger partial charge in [-0.05, 0) is 29.5 Å². The second-order valence-electron chi connectivity index (χ2n) is 5.04. The van der Waals surface area contributed by atoms with E-state index >= 15 is 0 Å². The van der Waals surface area contributed by atoms with Gasteiger partial charge in [0.25, 0.3) is 0 Å². The molecule has 0 aromatic heterocycles. The molecule has 0 amide bonds.